The predicted octanol–water partition coefficient (Wildman–Crippen LogP) is 4.36. The number of nitrogens with one attached hydrogen (secondary N) is 1. The monoisotopic (exact) mass is 429 g/mol. The van der Waals surface area contributed by atoms with E-state index in [1.807, 2.05) is 13.8 Å². The van der Waals surface area contributed by atoms with E-state index in [0.29, 0.717) is 17.5 Å². The largest absolute Gasteiger partial charge is 0.407 e. The van der Waals surface area contributed by atoms with Gasteiger partial charge in [-0.2, -0.15) is 13.2 Å². The number of sulfone groups is 1. The van der Waals surface area contributed by atoms with Gasteiger partial charge in [0.05, 0.1) is 11.5 Å². The molecule has 0 spiro atoms. The van der Waals surface area contributed by atoms with Crippen molar-refractivity contribution in [3.05, 3.63) is 54.1 Å². The fourth-order valence-electron chi connectivity index (χ4n) is 3.14. The molecule has 0 unspecified atom stereocenters. The summed E-state index contributed by atoms with van der Waals surface area (Å²) >= 11 is 0. The number of hydrogen-bond donors (Lipinski definition) is 2. The molecule has 2 rings (SSSR count). The molecule has 2 atom stereocenters. The van der Waals surface area contributed by atoms with Crippen molar-refractivity contribution < 1.29 is 26.7 Å². The van der Waals surface area contributed by atoms with Crippen LogP contribution in [0.4, 0.5) is 13.2 Å². The fourth-order valence-corrected chi connectivity index (χ4v) is 3.77. The van der Waals surface area contributed by atoms with Crippen LogP contribution in [0.5, 0.6) is 0 Å². The normalized spacial score (nSPS) is 14.8. The Bertz CT molecular complexity index is 892. The minimum Gasteiger partial charge on any atom is -0.395 e. The van der Waals surface area contributed by atoms with Gasteiger partial charge in [-0.1, -0.05) is 50.2 Å². The highest BCUT2D eigenvalue weighted by atomic mass is 32.2. The Morgan fingerprint density at radius 3 is 1.83 bits per heavy atom. The summed E-state index contributed by atoms with van der Waals surface area (Å²) in [6.45, 7) is 3.39. The van der Waals surface area contributed by atoms with Crippen LogP contribution in [0.25, 0.3) is 11.1 Å². The van der Waals surface area contributed by atoms with Gasteiger partial charge in [0, 0.05) is 12.3 Å². The molecule has 2 aromatic carbocycles. The van der Waals surface area contributed by atoms with Crippen LogP contribution >= 0.6 is 0 Å². The van der Waals surface area contributed by atoms with Crippen molar-refractivity contribution in [3.63, 3.8) is 0 Å². The Hall–Kier alpha value is -1.90. The zero-order chi connectivity index (χ0) is 21.8. The van der Waals surface area contributed by atoms with Crippen LogP contribution in [-0.4, -0.2) is 38.6 Å². The number of rotatable bonds is 8. The molecular weight excluding hydrogens is 403 g/mol. The smallest absolute Gasteiger partial charge is 0.395 e. The highest BCUT2D eigenvalue weighted by Gasteiger charge is 2.41. The van der Waals surface area contributed by atoms with E-state index in [1.165, 1.54) is 24.3 Å². The van der Waals surface area contributed by atoms with Crippen LogP contribution in [0.1, 0.15) is 31.9 Å². The summed E-state index contributed by atoms with van der Waals surface area (Å²) in [4.78, 5) is 0.180. The first-order valence-corrected chi connectivity index (χ1v) is 11.1. The molecule has 2 aromatic rings. The molecule has 0 heterocycles. The van der Waals surface area contributed by atoms with Crippen molar-refractivity contribution in [1.82, 2.24) is 5.32 Å². The fraction of sp³-hybridized carbons (Fsp3) is 0.429. The molecule has 2 N–H and O–H groups in total. The van der Waals surface area contributed by atoms with Crippen molar-refractivity contribution in [2.45, 2.75) is 43.4 Å². The van der Waals surface area contributed by atoms with Crippen LogP contribution in [0.2, 0.25) is 0 Å². The van der Waals surface area contributed by atoms with Gasteiger partial charge in [0.2, 0.25) is 0 Å². The molecule has 0 aliphatic heterocycles. The van der Waals surface area contributed by atoms with Gasteiger partial charge in [0.1, 0.15) is 6.04 Å². The van der Waals surface area contributed by atoms with E-state index in [0.717, 1.165) is 6.26 Å². The highest BCUT2D eigenvalue weighted by Crippen LogP contribution is 2.34. The minimum absolute atomic E-state index is 0.0520. The SMILES string of the molecule is CC(C)C[C@@H](CO)N[C@@H](c1ccc(-c2ccc(S(C)(=O)=O)cc2)cc1)C(F)(F)F. The van der Waals surface area contributed by atoms with Crippen LogP contribution in [0, 0.1) is 5.92 Å². The number of aliphatic hydroxyl groups is 1. The summed E-state index contributed by atoms with van der Waals surface area (Å²) in [6, 6.07) is 9.56. The van der Waals surface area contributed by atoms with E-state index in [4.69, 9.17) is 0 Å². The van der Waals surface area contributed by atoms with E-state index < -0.39 is 28.1 Å². The van der Waals surface area contributed by atoms with Crippen LogP contribution in [-0.2, 0) is 9.84 Å². The number of benzene rings is 2. The van der Waals surface area contributed by atoms with Crippen molar-refractivity contribution in [3.8, 4) is 11.1 Å². The lowest BCUT2D eigenvalue weighted by molar-refractivity contribution is -0.160. The Morgan fingerprint density at radius 1 is 0.966 bits per heavy atom. The molecule has 0 amide bonds. The third-order valence-electron chi connectivity index (χ3n) is 4.57. The van der Waals surface area contributed by atoms with Crippen molar-refractivity contribution >= 4 is 9.84 Å². The highest BCUT2D eigenvalue weighted by molar-refractivity contribution is 7.90. The van der Waals surface area contributed by atoms with Gasteiger partial charge in [-0.3, -0.25) is 5.32 Å². The molecule has 0 aromatic heterocycles. The Morgan fingerprint density at radius 2 is 1.45 bits per heavy atom. The summed E-state index contributed by atoms with van der Waals surface area (Å²) in [7, 11) is -3.31. The molecule has 0 saturated carbocycles. The number of hydrogen-bond acceptors (Lipinski definition) is 4. The maximum Gasteiger partial charge on any atom is 0.407 e. The molecule has 0 aliphatic rings. The molecule has 0 aliphatic carbocycles. The summed E-state index contributed by atoms with van der Waals surface area (Å²) < 4.78 is 63.9. The van der Waals surface area contributed by atoms with Crippen molar-refractivity contribution in [1.29, 1.82) is 0 Å². The Kier molecular flexibility index (Phi) is 7.48. The predicted molar refractivity (Wildman–Crippen MR) is 107 cm³/mol. The summed E-state index contributed by atoms with van der Waals surface area (Å²) in [6.07, 6.45) is -2.98. The lowest BCUT2D eigenvalue weighted by Crippen LogP contribution is -2.43. The summed E-state index contributed by atoms with van der Waals surface area (Å²) in [5, 5.41) is 12.0. The topological polar surface area (TPSA) is 66.4 Å². The molecule has 4 nitrogen and oxygen atoms in total. The summed E-state index contributed by atoms with van der Waals surface area (Å²) in [5.74, 6) is 0.144. The van der Waals surface area contributed by atoms with Gasteiger partial charge in [-0.25, -0.2) is 8.42 Å². The van der Waals surface area contributed by atoms with Gasteiger partial charge in [-0.05, 0) is 41.2 Å². The van der Waals surface area contributed by atoms with Gasteiger partial charge in [0.15, 0.2) is 9.84 Å². The van der Waals surface area contributed by atoms with Crippen molar-refractivity contribution in [2.24, 2.45) is 5.92 Å². The maximum atomic E-state index is 13.6. The Balaban J connectivity index is 2.27. The molecule has 0 radical (unpaired) electrons. The average molecular weight is 430 g/mol. The van der Waals surface area contributed by atoms with E-state index in [-0.39, 0.29) is 23.0 Å². The standard InChI is InChI=1S/C21H26F3NO3S/c1-14(2)12-18(13-26)25-20(21(22,23)24)17-6-4-15(5-7-17)16-8-10-19(11-9-16)29(3,27)28/h4-11,14,18,20,25-26H,12-13H2,1-3H3/t18-,20-/m0/s1. The molecule has 0 fully saturated rings. The van der Waals surface area contributed by atoms with Gasteiger partial charge < -0.3 is 5.11 Å². The first kappa shape index (κ1) is 23.4. The molecular formula is C21H26F3NO3S. The van der Waals surface area contributed by atoms with E-state index in [1.54, 1.807) is 24.3 Å². The lowest BCUT2D eigenvalue weighted by Gasteiger charge is -2.28. The molecule has 29 heavy (non-hydrogen) atoms. The third kappa shape index (κ3) is 6.55. The molecule has 0 bridgehead atoms. The summed E-state index contributed by atoms with van der Waals surface area (Å²) in [5.41, 5.74) is 1.43. The van der Waals surface area contributed by atoms with Gasteiger partial charge in [-0.15, -0.1) is 0 Å². The first-order valence-electron chi connectivity index (χ1n) is 9.26. The quantitative estimate of drug-likeness (QED) is 0.655. The van der Waals surface area contributed by atoms with Crippen molar-refractivity contribution in [2.75, 3.05) is 12.9 Å². The molecule has 0 saturated heterocycles. The second-order valence-corrected chi connectivity index (χ2v) is 9.58. The average Bonchev–Trinajstić information content (AvgIpc) is 2.63. The zero-order valence-electron chi connectivity index (χ0n) is 16.6. The first-order chi connectivity index (χ1) is 13.4. The Labute approximate surface area is 169 Å². The van der Waals surface area contributed by atoms with Gasteiger partial charge >= 0.3 is 6.18 Å². The second-order valence-electron chi connectivity index (χ2n) is 7.57. The number of alkyl halides is 3. The maximum absolute atomic E-state index is 13.6. The minimum atomic E-state index is -4.51. The van der Waals surface area contributed by atoms with E-state index in [2.05, 4.69) is 5.32 Å². The van der Waals surface area contributed by atoms with Crippen LogP contribution in [0.3, 0.4) is 0 Å². The van der Waals surface area contributed by atoms with Crippen LogP contribution in [0.15, 0.2) is 53.4 Å². The second kappa shape index (κ2) is 9.28. The molecule has 160 valence electrons. The van der Waals surface area contributed by atoms with E-state index >= 15 is 0 Å². The van der Waals surface area contributed by atoms with Gasteiger partial charge in [0.25, 0.3) is 0 Å². The van der Waals surface area contributed by atoms with Crippen LogP contribution < -0.4 is 5.32 Å². The number of halogens is 3. The molecule has 8 heteroatoms. The lowest BCUT2D eigenvalue weighted by atomic mass is 9.98. The number of aliphatic hydroxyl groups excluding tert-OH is 1. The van der Waals surface area contributed by atoms with E-state index in [9.17, 15) is 26.7 Å². The third-order valence-corrected chi connectivity index (χ3v) is 5.69. The zero-order valence-corrected chi connectivity index (χ0v) is 17.4.